The lowest BCUT2D eigenvalue weighted by Crippen LogP contribution is -2.36. The van der Waals surface area contributed by atoms with Crippen LogP contribution in [0.4, 0.5) is 0 Å². The van der Waals surface area contributed by atoms with Gasteiger partial charge in [-0.3, -0.25) is 0 Å². The minimum absolute atomic E-state index is 0.0452. The maximum Gasteiger partial charge on any atom is 0.0698 e. The van der Waals surface area contributed by atoms with E-state index in [1.54, 1.807) is 0 Å². The Bertz CT molecular complexity index is 507. The zero-order valence-corrected chi connectivity index (χ0v) is 10.1. The second-order valence-corrected chi connectivity index (χ2v) is 4.67. The Hall–Kier alpha value is -1.68. The number of hydrogen-bond donors (Lipinski definition) is 3. The van der Waals surface area contributed by atoms with Crippen LogP contribution in [0.3, 0.4) is 0 Å². The van der Waals surface area contributed by atoms with Crippen molar-refractivity contribution in [3.8, 4) is 11.1 Å². The Morgan fingerprint density at radius 1 is 0.833 bits per heavy atom. The number of hydrazine groups is 1. The van der Waals surface area contributed by atoms with E-state index < -0.39 is 0 Å². The molecule has 3 nitrogen and oxygen atoms in total. The van der Waals surface area contributed by atoms with E-state index in [4.69, 9.17) is 5.73 Å². The molecule has 2 unspecified atom stereocenters. The predicted molar refractivity (Wildman–Crippen MR) is 73.5 cm³/mol. The molecule has 0 saturated carbocycles. The highest BCUT2D eigenvalue weighted by atomic mass is 15.4. The van der Waals surface area contributed by atoms with E-state index in [0.29, 0.717) is 6.04 Å². The summed E-state index contributed by atoms with van der Waals surface area (Å²) in [5.41, 5.74) is 15.8. The van der Waals surface area contributed by atoms with Gasteiger partial charge in [0, 0.05) is 6.04 Å². The molecule has 3 rings (SSSR count). The van der Waals surface area contributed by atoms with Crippen LogP contribution in [-0.4, -0.2) is 6.17 Å². The quantitative estimate of drug-likeness (QED) is 0.753. The summed E-state index contributed by atoms with van der Waals surface area (Å²) in [7, 11) is 0. The molecular formula is C15H17N3. The first-order valence-electron chi connectivity index (χ1n) is 6.25. The van der Waals surface area contributed by atoms with Crippen molar-refractivity contribution in [3.63, 3.8) is 0 Å². The number of nitrogens with two attached hydrogens (primary N) is 1. The topological polar surface area (TPSA) is 50.1 Å². The fraction of sp³-hybridized carbons (Fsp3) is 0.200. The van der Waals surface area contributed by atoms with Gasteiger partial charge in [0.15, 0.2) is 0 Å². The molecule has 4 N–H and O–H groups in total. The van der Waals surface area contributed by atoms with Gasteiger partial charge in [0.2, 0.25) is 0 Å². The molecule has 0 radical (unpaired) electrons. The molecule has 1 heterocycles. The highest BCUT2D eigenvalue weighted by Gasteiger charge is 2.21. The standard InChI is InChI=1S/C15H17N3/c16-15-10-14(17-18-15)13-8-6-12(7-9-13)11-4-2-1-3-5-11/h1-9,14-15,17-18H,10,16H2. The molecule has 0 spiro atoms. The number of nitrogens with one attached hydrogen (secondary N) is 2. The molecule has 1 aliphatic rings. The summed E-state index contributed by atoms with van der Waals surface area (Å²) >= 11 is 0. The zero-order valence-electron chi connectivity index (χ0n) is 10.1. The summed E-state index contributed by atoms with van der Waals surface area (Å²) < 4.78 is 0. The molecule has 0 aromatic heterocycles. The Labute approximate surface area is 107 Å². The van der Waals surface area contributed by atoms with Crippen LogP contribution >= 0.6 is 0 Å². The number of hydrogen-bond acceptors (Lipinski definition) is 3. The second-order valence-electron chi connectivity index (χ2n) is 4.67. The van der Waals surface area contributed by atoms with Gasteiger partial charge in [-0.15, -0.1) is 0 Å². The molecule has 18 heavy (non-hydrogen) atoms. The van der Waals surface area contributed by atoms with Crippen molar-refractivity contribution in [1.29, 1.82) is 0 Å². The number of rotatable bonds is 2. The van der Waals surface area contributed by atoms with Crippen LogP contribution in [0.2, 0.25) is 0 Å². The van der Waals surface area contributed by atoms with E-state index in [1.165, 1.54) is 16.7 Å². The summed E-state index contributed by atoms with van der Waals surface area (Å²) in [4.78, 5) is 0. The average Bonchev–Trinajstić information content (AvgIpc) is 2.87. The lowest BCUT2D eigenvalue weighted by Gasteiger charge is -2.10. The van der Waals surface area contributed by atoms with Crippen LogP contribution in [0.25, 0.3) is 11.1 Å². The molecular weight excluding hydrogens is 222 g/mol. The minimum Gasteiger partial charge on any atom is -0.315 e. The summed E-state index contributed by atoms with van der Waals surface area (Å²) in [5, 5.41) is 0. The van der Waals surface area contributed by atoms with Crippen LogP contribution in [0.15, 0.2) is 54.6 Å². The van der Waals surface area contributed by atoms with Crippen molar-refractivity contribution in [2.45, 2.75) is 18.6 Å². The van der Waals surface area contributed by atoms with Gasteiger partial charge in [0.05, 0.1) is 6.17 Å². The van der Waals surface area contributed by atoms with Gasteiger partial charge in [-0.1, -0.05) is 54.6 Å². The van der Waals surface area contributed by atoms with E-state index in [0.717, 1.165) is 6.42 Å². The van der Waals surface area contributed by atoms with Crippen LogP contribution in [0.1, 0.15) is 18.0 Å². The Kier molecular flexibility index (Phi) is 3.11. The number of benzene rings is 2. The van der Waals surface area contributed by atoms with Crippen LogP contribution in [0, 0.1) is 0 Å². The largest absolute Gasteiger partial charge is 0.315 e. The first-order chi connectivity index (χ1) is 8.83. The molecule has 2 aromatic rings. The van der Waals surface area contributed by atoms with Crippen molar-refractivity contribution in [1.82, 2.24) is 10.9 Å². The van der Waals surface area contributed by atoms with Gasteiger partial charge in [0.1, 0.15) is 0 Å². The highest BCUT2D eigenvalue weighted by molar-refractivity contribution is 5.63. The molecule has 0 bridgehead atoms. The lowest BCUT2D eigenvalue weighted by atomic mass is 10.00. The van der Waals surface area contributed by atoms with E-state index in [9.17, 15) is 0 Å². The van der Waals surface area contributed by atoms with E-state index in [2.05, 4.69) is 59.4 Å². The summed E-state index contributed by atoms with van der Waals surface area (Å²) in [5.74, 6) is 0. The molecule has 1 saturated heterocycles. The van der Waals surface area contributed by atoms with Gasteiger partial charge >= 0.3 is 0 Å². The van der Waals surface area contributed by atoms with Gasteiger partial charge < -0.3 is 5.73 Å². The van der Waals surface area contributed by atoms with Crippen molar-refractivity contribution in [2.24, 2.45) is 5.73 Å². The summed E-state index contributed by atoms with van der Waals surface area (Å²) in [6.07, 6.45) is 0.966. The molecule has 3 heteroatoms. The third-order valence-corrected chi connectivity index (χ3v) is 3.35. The van der Waals surface area contributed by atoms with E-state index in [-0.39, 0.29) is 6.17 Å². The average molecular weight is 239 g/mol. The monoisotopic (exact) mass is 239 g/mol. The third-order valence-electron chi connectivity index (χ3n) is 3.35. The van der Waals surface area contributed by atoms with Crippen molar-refractivity contribution in [2.75, 3.05) is 0 Å². The summed E-state index contributed by atoms with van der Waals surface area (Å²) in [6, 6.07) is 19.4. The Morgan fingerprint density at radius 3 is 2.11 bits per heavy atom. The van der Waals surface area contributed by atoms with Crippen LogP contribution in [-0.2, 0) is 0 Å². The SMILES string of the molecule is NC1CC(c2ccc(-c3ccccc3)cc2)NN1. The first-order valence-corrected chi connectivity index (χ1v) is 6.25. The fourth-order valence-electron chi connectivity index (χ4n) is 2.34. The van der Waals surface area contributed by atoms with Gasteiger partial charge in [-0.2, -0.15) is 0 Å². The van der Waals surface area contributed by atoms with E-state index >= 15 is 0 Å². The summed E-state index contributed by atoms with van der Waals surface area (Å²) in [6.45, 7) is 0. The molecule has 0 amide bonds. The van der Waals surface area contributed by atoms with Crippen LogP contribution < -0.4 is 16.6 Å². The highest BCUT2D eigenvalue weighted by Crippen LogP contribution is 2.24. The van der Waals surface area contributed by atoms with Gasteiger partial charge in [0.25, 0.3) is 0 Å². The molecule has 0 aliphatic carbocycles. The van der Waals surface area contributed by atoms with Crippen LogP contribution in [0.5, 0.6) is 0 Å². The normalized spacial score (nSPS) is 23.2. The van der Waals surface area contributed by atoms with Crippen molar-refractivity contribution >= 4 is 0 Å². The van der Waals surface area contributed by atoms with Crippen molar-refractivity contribution in [3.05, 3.63) is 60.2 Å². The van der Waals surface area contributed by atoms with E-state index in [1.807, 2.05) is 6.07 Å². The predicted octanol–water partition coefficient (Wildman–Crippen LogP) is 2.18. The minimum atomic E-state index is 0.0452. The molecule has 2 atom stereocenters. The molecule has 1 aliphatic heterocycles. The van der Waals surface area contributed by atoms with Gasteiger partial charge in [-0.05, 0) is 23.1 Å². The second kappa shape index (κ2) is 4.90. The molecule has 92 valence electrons. The fourth-order valence-corrected chi connectivity index (χ4v) is 2.34. The maximum atomic E-state index is 5.81. The maximum absolute atomic E-state index is 5.81. The lowest BCUT2D eigenvalue weighted by molar-refractivity contribution is 0.552. The Balaban J connectivity index is 1.81. The Morgan fingerprint density at radius 2 is 1.50 bits per heavy atom. The van der Waals surface area contributed by atoms with Crippen molar-refractivity contribution < 1.29 is 0 Å². The molecule has 1 fully saturated rings. The van der Waals surface area contributed by atoms with Gasteiger partial charge in [-0.25, -0.2) is 10.9 Å². The zero-order chi connectivity index (χ0) is 12.4. The first kappa shape index (κ1) is 11.4. The smallest absolute Gasteiger partial charge is 0.0698 e. The molecule has 2 aromatic carbocycles. The third kappa shape index (κ3) is 2.29.